The molecule has 0 bridgehead atoms. The second kappa shape index (κ2) is 19.2. The van der Waals surface area contributed by atoms with E-state index >= 15 is 0 Å². The predicted octanol–water partition coefficient (Wildman–Crippen LogP) is 9.41. The van der Waals surface area contributed by atoms with Gasteiger partial charge in [0.25, 0.3) is 21.6 Å². The van der Waals surface area contributed by atoms with Crippen molar-refractivity contribution in [2.45, 2.75) is 70.1 Å². The number of nitro benzene ring substituents is 1. The van der Waals surface area contributed by atoms with Gasteiger partial charge in [-0.15, -0.1) is 0 Å². The summed E-state index contributed by atoms with van der Waals surface area (Å²) >= 11 is 6.25. The Morgan fingerprint density at radius 1 is 1.06 bits per heavy atom. The minimum Gasteiger partial charge on any atom is -0.493 e. The molecule has 18 heteroatoms. The van der Waals surface area contributed by atoms with Gasteiger partial charge in [-0.25, -0.2) is 26.7 Å². The first-order chi connectivity index (χ1) is 32.1. The molecule has 2 fully saturated rings. The van der Waals surface area contributed by atoms with Crippen molar-refractivity contribution in [3.8, 4) is 17.2 Å². The molecule has 3 aromatic carbocycles. The van der Waals surface area contributed by atoms with Gasteiger partial charge in [-0.2, -0.15) is 0 Å². The monoisotopic (exact) mass is 969 g/mol. The van der Waals surface area contributed by atoms with Crippen molar-refractivity contribution in [3.63, 3.8) is 0 Å². The molecular weight excluding hydrogens is 914 g/mol. The van der Waals surface area contributed by atoms with Gasteiger partial charge in [-0.3, -0.25) is 19.8 Å². The number of rotatable bonds is 13. The van der Waals surface area contributed by atoms with Gasteiger partial charge in [0.1, 0.15) is 22.9 Å². The van der Waals surface area contributed by atoms with Crippen LogP contribution in [-0.2, 0) is 26.2 Å². The number of piperazine rings is 1. The van der Waals surface area contributed by atoms with E-state index in [1.165, 1.54) is 35.0 Å². The molecule has 1 amide bonds. The van der Waals surface area contributed by atoms with Gasteiger partial charge in [0.2, 0.25) is 0 Å². The molecular formula is C49H56ClN7O8S2. The second-order valence-corrected chi connectivity index (χ2v) is 23.7. The SMILES string of the molecule is CC1(C)CCC(CN2CCN(c3ccc(C(=O)NS(=O)(=O)c4cc5c(c([N+](=O)[O-])c4)C[C@@H](CCN=S4(=O)CCCCC4)CO5)c(Oc4cnc5[nH]ccc5c4)c3)CC2)=C(c2ccc(Cl)cc2)C1. The van der Waals surface area contributed by atoms with Crippen LogP contribution in [0.1, 0.15) is 80.3 Å². The fourth-order valence-electron chi connectivity index (χ4n) is 9.68. The summed E-state index contributed by atoms with van der Waals surface area (Å²) in [5, 5.41) is 13.9. The maximum Gasteiger partial charge on any atom is 0.277 e. The molecule has 2 aromatic heterocycles. The Hall–Kier alpha value is -5.49. The van der Waals surface area contributed by atoms with Crippen molar-refractivity contribution < 1.29 is 31.8 Å². The number of carbonyl (C=O) groups is 1. The molecule has 1 aliphatic carbocycles. The number of allylic oxidation sites excluding steroid dienone is 1. The lowest BCUT2D eigenvalue weighted by atomic mass is 9.72. The summed E-state index contributed by atoms with van der Waals surface area (Å²) in [4.78, 5) is 37.5. The highest BCUT2D eigenvalue weighted by Crippen LogP contribution is 2.44. The zero-order chi connectivity index (χ0) is 46.9. The number of fused-ring (bicyclic) bond motifs is 2. The van der Waals surface area contributed by atoms with Crippen LogP contribution < -0.4 is 19.1 Å². The Morgan fingerprint density at radius 3 is 2.60 bits per heavy atom. The van der Waals surface area contributed by atoms with Crippen LogP contribution in [0.4, 0.5) is 11.4 Å². The number of pyridine rings is 1. The minimum absolute atomic E-state index is 0.0612. The van der Waals surface area contributed by atoms with Crippen molar-refractivity contribution in [2.75, 3.05) is 62.3 Å². The number of benzene rings is 3. The number of nitrogens with one attached hydrogen (secondary N) is 2. The Labute approximate surface area is 396 Å². The first-order valence-corrected chi connectivity index (χ1v) is 26.7. The lowest BCUT2D eigenvalue weighted by Gasteiger charge is -2.39. The fourth-order valence-corrected chi connectivity index (χ4v) is 13.0. The van der Waals surface area contributed by atoms with E-state index in [-0.39, 0.29) is 47.0 Å². The zero-order valence-corrected chi connectivity index (χ0v) is 40.2. The average molecular weight is 971 g/mol. The van der Waals surface area contributed by atoms with Gasteiger partial charge >= 0.3 is 0 Å². The quantitative estimate of drug-likeness (QED) is 0.0845. The van der Waals surface area contributed by atoms with E-state index < -0.39 is 41.2 Å². The van der Waals surface area contributed by atoms with Gasteiger partial charge in [-0.05, 0) is 104 Å². The van der Waals surface area contributed by atoms with Crippen LogP contribution in [0.2, 0.25) is 5.02 Å². The summed E-state index contributed by atoms with van der Waals surface area (Å²) in [6, 6.07) is 19.0. The van der Waals surface area contributed by atoms with E-state index in [1.54, 1.807) is 24.4 Å². The fraction of sp³-hybridized carbons (Fsp3) is 0.429. The third-order valence-corrected chi connectivity index (χ3v) is 17.6. The van der Waals surface area contributed by atoms with E-state index in [1.807, 2.05) is 18.2 Å². The number of hydrogen-bond donors (Lipinski definition) is 2. The number of H-pyrrole nitrogens is 1. The van der Waals surface area contributed by atoms with Gasteiger partial charge in [0.05, 0.1) is 33.7 Å². The first kappa shape index (κ1) is 46.6. The summed E-state index contributed by atoms with van der Waals surface area (Å²) in [6.07, 6.45) is 10.1. The highest BCUT2D eigenvalue weighted by Gasteiger charge is 2.33. The number of carbonyl (C=O) groups excluding carboxylic acids is 1. The molecule has 4 aliphatic rings. The van der Waals surface area contributed by atoms with Crippen molar-refractivity contribution in [1.82, 2.24) is 19.6 Å². The Balaban J connectivity index is 0.924. The number of nitrogens with zero attached hydrogens (tertiary/aromatic N) is 5. The van der Waals surface area contributed by atoms with Crippen LogP contribution in [0.15, 0.2) is 94.0 Å². The molecule has 2 saturated heterocycles. The number of aromatic amines is 1. The number of anilines is 1. The van der Waals surface area contributed by atoms with Crippen LogP contribution >= 0.6 is 11.6 Å². The summed E-state index contributed by atoms with van der Waals surface area (Å²) in [5.41, 5.74) is 5.53. The minimum atomic E-state index is -4.66. The number of sulfonamides is 1. The Kier molecular flexibility index (Phi) is 13.4. The lowest BCUT2D eigenvalue weighted by Crippen LogP contribution is -2.47. The van der Waals surface area contributed by atoms with E-state index in [0.717, 1.165) is 80.3 Å². The number of ether oxygens (including phenoxy) is 2. The molecule has 15 nitrogen and oxygen atoms in total. The van der Waals surface area contributed by atoms with Crippen molar-refractivity contribution >= 4 is 65.2 Å². The molecule has 0 spiro atoms. The molecule has 67 heavy (non-hydrogen) atoms. The molecule has 0 unspecified atom stereocenters. The first-order valence-electron chi connectivity index (χ1n) is 23.0. The summed E-state index contributed by atoms with van der Waals surface area (Å²) in [7, 11) is -6.88. The maximum atomic E-state index is 14.1. The molecule has 5 heterocycles. The third-order valence-electron chi connectivity index (χ3n) is 13.5. The molecule has 354 valence electrons. The lowest BCUT2D eigenvalue weighted by molar-refractivity contribution is -0.386. The highest BCUT2D eigenvalue weighted by molar-refractivity contribution is 7.93. The van der Waals surface area contributed by atoms with Gasteiger partial charge < -0.3 is 19.4 Å². The number of nitro groups is 1. The average Bonchev–Trinajstić information content (AvgIpc) is 3.78. The third kappa shape index (κ3) is 10.8. The van der Waals surface area contributed by atoms with Crippen LogP contribution in [0.3, 0.4) is 0 Å². The molecule has 0 saturated carbocycles. The highest BCUT2D eigenvalue weighted by atomic mass is 35.5. The van der Waals surface area contributed by atoms with Crippen LogP contribution in [0.5, 0.6) is 17.2 Å². The van der Waals surface area contributed by atoms with Crippen molar-refractivity contribution in [1.29, 1.82) is 0 Å². The van der Waals surface area contributed by atoms with Gasteiger partial charge in [0, 0.05) is 101 Å². The molecule has 1 atom stereocenters. The zero-order valence-electron chi connectivity index (χ0n) is 37.8. The van der Waals surface area contributed by atoms with Crippen molar-refractivity contribution in [3.05, 3.63) is 117 Å². The number of aromatic nitrogens is 2. The topological polar surface area (TPSA) is 189 Å². The maximum absolute atomic E-state index is 14.1. The number of halogens is 1. The smallest absolute Gasteiger partial charge is 0.277 e. The second-order valence-electron chi connectivity index (χ2n) is 18.9. The predicted molar refractivity (Wildman–Crippen MR) is 261 cm³/mol. The summed E-state index contributed by atoms with van der Waals surface area (Å²) in [5.74, 6) is 0.590. The molecule has 5 aromatic rings. The van der Waals surface area contributed by atoms with Gasteiger partial charge in [0.15, 0.2) is 0 Å². The van der Waals surface area contributed by atoms with E-state index in [9.17, 15) is 27.5 Å². The van der Waals surface area contributed by atoms with Crippen LogP contribution in [0, 0.1) is 21.4 Å². The molecule has 9 rings (SSSR count). The van der Waals surface area contributed by atoms with Crippen molar-refractivity contribution in [2.24, 2.45) is 15.7 Å². The largest absolute Gasteiger partial charge is 0.493 e. The molecule has 3 aliphatic heterocycles. The Morgan fingerprint density at radius 2 is 1.84 bits per heavy atom. The van der Waals surface area contributed by atoms with E-state index in [2.05, 4.69) is 54.8 Å². The van der Waals surface area contributed by atoms with E-state index in [0.29, 0.717) is 49.0 Å². The van der Waals surface area contributed by atoms with Crippen LogP contribution in [-0.4, -0.2) is 95.7 Å². The summed E-state index contributed by atoms with van der Waals surface area (Å²) in [6.45, 7) is 9.12. The standard InChI is InChI=1S/C49H56ClN7O8S2/c1-49(2)15-12-36(43(29-49)34-6-8-37(50)9-7-34)31-55-18-20-56(21-19-55)38-10-11-41(46(26-38)65-39-25-35-14-16-51-47(35)52-30-39)48(58)54-67(62,63)40-27-44(57(59)60)42-24-33(32-64-45(42)28-40)13-17-53-66(61)22-4-3-5-23-66/h6-11,14,16,25-28,30,33H,3-5,12-13,15,17-24,29,31-32H2,1-2H3,(H,51,52)(H,54,58)/t33-/m1/s1. The molecule has 0 radical (unpaired) electrons. The number of hydrogen-bond acceptors (Lipinski definition) is 12. The molecule has 2 N–H and O–H groups in total. The Bertz CT molecular complexity index is 2960. The summed E-state index contributed by atoms with van der Waals surface area (Å²) < 4.78 is 59.9. The number of amides is 1. The van der Waals surface area contributed by atoms with Gasteiger partial charge in [-0.1, -0.05) is 49.6 Å². The van der Waals surface area contributed by atoms with E-state index in [4.69, 9.17) is 21.1 Å². The normalized spacial score (nSPS) is 19.6. The van der Waals surface area contributed by atoms with Crippen LogP contribution in [0.25, 0.3) is 16.6 Å².